The highest BCUT2D eigenvalue weighted by Gasteiger charge is 2.51. The molecular formula is C43H57B2N3O6. The van der Waals surface area contributed by atoms with Crippen LogP contribution in [0.15, 0.2) is 69.5 Å². The van der Waals surface area contributed by atoms with Gasteiger partial charge in [-0.1, -0.05) is 69.5 Å². The summed E-state index contributed by atoms with van der Waals surface area (Å²) in [6, 6.07) is 20.2. The van der Waals surface area contributed by atoms with Crippen molar-refractivity contribution in [2.24, 2.45) is 11.8 Å². The van der Waals surface area contributed by atoms with E-state index in [9.17, 15) is 10.0 Å². The van der Waals surface area contributed by atoms with E-state index >= 15 is 0 Å². The summed E-state index contributed by atoms with van der Waals surface area (Å²) in [5, 5.41) is 18.6. The normalized spacial score (nSPS) is 19.5. The van der Waals surface area contributed by atoms with Crippen molar-refractivity contribution >= 4 is 47.4 Å². The predicted octanol–water partition coefficient (Wildman–Crippen LogP) is 7.34. The van der Waals surface area contributed by atoms with Gasteiger partial charge < -0.3 is 28.2 Å². The van der Waals surface area contributed by atoms with Gasteiger partial charge in [-0.2, -0.15) is 0 Å². The molecule has 0 unspecified atom stereocenters. The van der Waals surface area contributed by atoms with Crippen LogP contribution in [0.4, 0.5) is 0 Å². The number of aromatic nitrogens is 2. The van der Waals surface area contributed by atoms with E-state index in [1.807, 2.05) is 18.2 Å². The van der Waals surface area contributed by atoms with Crippen molar-refractivity contribution in [2.75, 3.05) is 13.1 Å². The lowest BCUT2D eigenvalue weighted by atomic mass is 9.79. The molecule has 2 aliphatic heterocycles. The predicted molar refractivity (Wildman–Crippen MR) is 216 cm³/mol. The lowest BCUT2D eigenvalue weighted by molar-refractivity contribution is 0.00578. The molecule has 3 fully saturated rings. The van der Waals surface area contributed by atoms with Gasteiger partial charge in [-0.15, -0.1) is 0 Å². The van der Waals surface area contributed by atoms with E-state index in [0.717, 1.165) is 85.1 Å². The molecule has 0 bridgehead atoms. The molecule has 3 aliphatic rings. The fourth-order valence-corrected chi connectivity index (χ4v) is 7.94. The van der Waals surface area contributed by atoms with E-state index in [1.165, 1.54) is 43.2 Å². The largest absolute Gasteiger partial charge is 0.494 e. The molecule has 286 valence electrons. The van der Waals surface area contributed by atoms with E-state index < -0.39 is 7.12 Å². The quantitative estimate of drug-likeness (QED) is 0.150. The third-order valence-corrected chi connectivity index (χ3v) is 12.1. The third kappa shape index (κ3) is 9.14. The van der Waals surface area contributed by atoms with E-state index in [1.54, 1.807) is 18.2 Å². The fourth-order valence-electron chi connectivity index (χ4n) is 7.94. The van der Waals surface area contributed by atoms with Gasteiger partial charge in [-0.05, 0) is 131 Å². The maximum atomic E-state index is 9.31. The highest BCUT2D eigenvalue weighted by Crippen LogP contribution is 2.37. The van der Waals surface area contributed by atoms with Gasteiger partial charge in [0.2, 0.25) is 0 Å². The Balaban J connectivity index is 0.000000168. The Bertz CT molecular complexity index is 1980. The molecule has 54 heavy (non-hydrogen) atoms. The molecule has 2 aromatic heterocycles. The smallest absolute Gasteiger partial charge is 0.441 e. The average molecular weight is 734 g/mol. The van der Waals surface area contributed by atoms with Gasteiger partial charge in [0.05, 0.1) is 11.2 Å². The van der Waals surface area contributed by atoms with Crippen molar-refractivity contribution in [1.82, 2.24) is 14.9 Å². The molecule has 0 radical (unpaired) electrons. The molecule has 11 heteroatoms. The number of hydrogen-bond donors (Lipinski definition) is 2. The Kier molecular flexibility index (Phi) is 11.7. The molecule has 4 heterocycles. The van der Waals surface area contributed by atoms with E-state index in [2.05, 4.69) is 80.7 Å². The van der Waals surface area contributed by atoms with Crippen LogP contribution in [0.25, 0.3) is 22.2 Å². The molecule has 5 aromatic rings. The summed E-state index contributed by atoms with van der Waals surface area (Å²) in [5.41, 5.74) is 6.67. The minimum absolute atomic E-state index is 0.333. The molecule has 0 amide bonds. The number of fused-ring (bicyclic) bond motifs is 2. The molecule has 0 atom stereocenters. The van der Waals surface area contributed by atoms with Gasteiger partial charge >= 0.3 is 14.2 Å². The first kappa shape index (κ1) is 38.8. The van der Waals surface area contributed by atoms with Crippen molar-refractivity contribution in [3.63, 3.8) is 0 Å². The van der Waals surface area contributed by atoms with Crippen LogP contribution in [0.5, 0.6) is 0 Å². The number of piperidine rings is 1. The first-order valence-electron chi connectivity index (χ1n) is 20.1. The van der Waals surface area contributed by atoms with Gasteiger partial charge in [0.15, 0.2) is 22.9 Å². The average Bonchev–Trinajstić information content (AvgIpc) is 3.80. The molecule has 3 aromatic carbocycles. The molecule has 0 spiro atoms. The Hall–Kier alpha value is -3.47. The Morgan fingerprint density at radius 3 is 1.87 bits per heavy atom. The first-order chi connectivity index (χ1) is 25.8. The highest BCUT2D eigenvalue weighted by molar-refractivity contribution is 6.62. The van der Waals surface area contributed by atoms with Gasteiger partial charge in [0.25, 0.3) is 0 Å². The number of likely N-dealkylation sites (tertiary alicyclic amines) is 1. The lowest BCUT2D eigenvalue weighted by Gasteiger charge is -2.32. The number of hydrogen-bond acceptors (Lipinski definition) is 9. The zero-order valence-electron chi connectivity index (χ0n) is 33.0. The number of nitrogens with zero attached hydrogens (tertiary/aromatic N) is 3. The monoisotopic (exact) mass is 733 g/mol. The molecular weight excluding hydrogens is 676 g/mol. The second kappa shape index (κ2) is 16.3. The van der Waals surface area contributed by atoms with Crippen LogP contribution in [0, 0.1) is 11.8 Å². The zero-order valence-corrected chi connectivity index (χ0v) is 33.0. The Morgan fingerprint density at radius 2 is 1.30 bits per heavy atom. The first-order valence-corrected chi connectivity index (χ1v) is 20.1. The minimum Gasteiger partial charge on any atom is -0.441 e. The fraction of sp³-hybridized carbons (Fsp3) is 0.535. The van der Waals surface area contributed by atoms with Crippen molar-refractivity contribution < 1.29 is 28.2 Å². The zero-order chi connectivity index (χ0) is 38.0. The van der Waals surface area contributed by atoms with Crippen LogP contribution >= 0.6 is 0 Å². The summed E-state index contributed by atoms with van der Waals surface area (Å²) in [5.74, 6) is 3.49. The summed E-state index contributed by atoms with van der Waals surface area (Å²) in [7, 11) is -1.85. The second-order valence-corrected chi connectivity index (χ2v) is 17.2. The standard InChI is InChI=1S/C23H29BN2O3.C20H28BNO3/c1-16(2)19-5-3-18(4-6-19)15-26-11-9-17(10-12-26)13-23-25-21-8-7-20(24(27)28)14-22(21)29-23;1-19(2)20(3,4)25-21(24-19)15-10-11-16-17(13-15)23-18(22-16)12-14-8-6-5-7-9-14/h3-8,14,16-17,27-28H,9-13,15H2,1-2H3;10-11,13-14H,5-9,12H2,1-4H3. The maximum Gasteiger partial charge on any atom is 0.494 e. The summed E-state index contributed by atoms with van der Waals surface area (Å²) in [6.45, 7) is 15.9. The van der Waals surface area contributed by atoms with Gasteiger partial charge in [-0.3, -0.25) is 4.90 Å². The Labute approximate surface area is 321 Å². The molecule has 1 saturated carbocycles. The molecule has 2 saturated heterocycles. The van der Waals surface area contributed by atoms with Gasteiger partial charge in [-0.25, -0.2) is 9.97 Å². The van der Waals surface area contributed by atoms with Crippen LogP contribution in [0.2, 0.25) is 0 Å². The lowest BCUT2D eigenvalue weighted by Crippen LogP contribution is -2.41. The Morgan fingerprint density at radius 1 is 0.741 bits per heavy atom. The molecule has 2 N–H and O–H groups in total. The topological polar surface area (TPSA) is 114 Å². The number of benzene rings is 3. The number of oxazole rings is 2. The minimum atomic E-state index is -1.49. The summed E-state index contributed by atoms with van der Waals surface area (Å²) in [4.78, 5) is 11.8. The van der Waals surface area contributed by atoms with E-state index in [4.69, 9.17) is 18.1 Å². The van der Waals surface area contributed by atoms with Crippen LogP contribution < -0.4 is 10.9 Å². The van der Waals surface area contributed by atoms with Crippen LogP contribution in [-0.2, 0) is 28.7 Å². The molecule has 9 nitrogen and oxygen atoms in total. The maximum absolute atomic E-state index is 9.31. The van der Waals surface area contributed by atoms with Gasteiger partial charge in [0.1, 0.15) is 11.0 Å². The SMILES string of the molecule is CC(C)c1ccc(CN2CCC(Cc3nc4ccc(B(O)O)cc4o3)CC2)cc1.CC1(C)OB(c2ccc3nc(CC4CCCCC4)oc3c2)OC1(C)C. The van der Waals surface area contributed by atoms with E-state index in [-0.39, 0.29) is 18.3 Å². The van der Waals surface area contributed by atoms with Crippen LogP contribution in [-0.4, -0.2) is 63.4 Å². The molecule has 8 rings (SSSR count). The van der Waals surface area contributed by atoms with Gasteiger partial charge in [0, 0.05) is 19.4 Å². The summed E-state index contributed by atoms with van der Waals surface area (Å²) >= 11 is 0. The van der Waals surface area contributed by atoms with E-state index in [0.29, 0.717) is 22.9 Å². The van der Waals surface area contributed by atoms with Crippen molar-refractivity contribution in [1.29, 1.82) is 0 Å². The molecule has 1 aliphatic carbocycles. The third-order valence-electron chi connectivity index (χ3n) is 12.1. The highest BCUT2D eigenvalue weighted by atomic mass is 16.7. The van der Waals surface area contributed by atoms with Crippen molar-refractivity contribution in [3.8, 4) is 0 Å². The summed E-state index contributed by atoms with van der Waals surface area (Å²) in [6.07, 6.45) is 10.8. The second-order valence-electron chi connectivity index (χ2n) is 17.2. The van der Waals surface area contributed by atoms with Crippen LogP contribution in [0.3, 0.4) is 0 Å². The summed E-state index contributed by atoms with van der Waals surface area (Å²) < 4.78 is 24.2. The van der Waals surface area contributed by atoms with Crippen LogP contribution in [0.1, 0.15) is 115 Å². The van der Waals surface area contributed by atoms with Crippen molar-refractivity contribution in [2.45, 2.75) is 123 Å². The van der Waals surface area contributed by atoms with Crippen molar-refractivity contribution in [3.05, 3.63) is 83.6 Å². The number of rotatable bonds is 9.